The highest BCUT2D eigenvalue weighted by Gasteiger charge is 2.19. The molecule has 0 aliphatic carbocycles. The summed E-state index contributed by atoms with van der Waals surface area (Å²) in [5, 5.41) is 20.2. The highest BCUT2D eigenvalue weighted by atomic mass is 16.5. The summed E-state index contributed by atoms with van der Waals surface area (Å²) in [7, 11) is 0. The van der Waals surface area contributed by atoms with Gasteiger partial charge < -0.3 is 15.2 Å². The number of aliphatic hydroxyl groups excluding tert-OH is 1. The molecule has 1 aromatic rings. The Bertz CT molecular complexity index is 383. The van der Waals surface area contributed by atoms with Crippen molar-refractivity contribution in [2.75, 3.05) is 19.8 Å². The number of hydrogen-bond acceptors (Lipinski definition) is 4. The third-order valence-corrected chi connectivity index (χ3v) is 2.92. The van der Waals surface area contributed by atoms with Crippen molar-refractivity contribution in [1.82, 2.24) is 15.5 Å². The number of nitrogens with one attached hydrogen (secondary N) is 2. The number of aromatic amines is 1. The Morgan fingerprint density at radius 2 is 2.05 bits per heavy atom. The van der Waals surface area contributed by atoms with Gasteiger partial charge in [0.05, 0.1) is 18.9 Å². The van der Waals surface area contributed by atoms with Crippen LogP contribution in [0.15, 0.2) is 6.20 Å². The first-order valence-electron chi connectivity index (χ1n) is 7.30. The second-order valence-electron chi connectivity index (χ2n) is 6.74. The maximum absolute atomic E-state index is 9.81. The maximum Gasteiger partial charge on any atom is 0.0897 e. The lowest BCUT2D eigenvalue weighted by Crippen LogP contribution is -2.31. The molecule has 0 saturated heterocycles. The Morgan fingerprint density at radius 1 is 1.35 bits per heavy atom. The zero-order valence-electron chi connectivity index (χ0n) is 13.4. The summed E-state index contributed by atoms with van der Waals surface area (Å²) >= 11 is 0. The van der Waals surface area contributed by atoms with Crippen molar-refractivity contribution in [3.63, 3.8) is 0 Å². The summed E-state index contributed by atoms with van der Waals surface area (Å²) in [5.74, 6) is 0.496. The maximum atomic E-state index is 9.81. The molecule has 5 nitrogen and oxygen atoms in total. The zero-order valence-corrected chi connectivity index (χ0v) is 13.4. The van der Waals surface area contributed by atoms with Crippen LogP contribution >= 0.6 is 0 Å². The van der Waals surface area contributed by atoms with Crippen molar-refractivity contribution in [3.05, 3.63) is 17.5 Å². The zero-order chi connectivity index (χ0) is 15.2. The average molecular weight is 283 g/mol. The van der Waals surface area contributed by atoms with E-state index in [2.05, 4.69) is 50.1 Å². The smallest absolute Gasteiger partial charge is 0.0897 e. The molecular formula is C15H29N3O2. The van der Waals surface area contributed by atoms with Gasteiger partial charge in [0.15, 0.2) is 0 Å². The van der Waals surface area contributed by atoms with Crippen LogP contribution in [0.4, 0.5) is 0 Å². The molecular weight excluding hydrogens is 254 g/mol. The lowest BCUT2D eigenvalue weighted by Gasteiger charge is -2.19. The number of hydrogen-bond donors (Lipinski definition) is 3. The highest BCUT2D eigenvalue weighted by Crippen LogP contribution is 2.23. The number of rotatable bonds is 8. The van der Waals surface area contributed by atoms with E-state index >= 15 is 0 Å². The molecule has 0 spiro atoms. The van der Waals surface area contributed by atoms with Crippen LogP contribution in [0.1, 0.15) is 45.9 Å². The van der Waals surface area contributed by atoms with E-state index in [0.717, 1.165) is 11.3 Å². The fourth-order valence-electron chi connectivity index (χ4n) is 1.97. The molecule has 5 heteroatoms. The van der Waals surface area contributed by atoms with Crippen molar-refractivity contribution in [2.24, 2.45) is 5.92 Å². The topological polar surface area (TPSA) is 70.2 Å². The minimum Gasteiger partial charge on any atom is -0.389 e. The van der Waals surface area contributed by atoms with Crippen molar-refractivity contribution in [3.8, 4) is 0 Å². The van der Waals surface area contributed by atoms with E-state index < -0.39 is 6.10 Å². The summed E-state index contributed by atoms with van der Waals surface area (Å²) < 4.78 is 5.41. The molecule has 1 atom stereocenters. The molecule has 0 aliphatic rings. The minimum absolute atomic E-state index is 0.0481. The highest BCUT2D eigenvalue weighted by molar-refractivity contribution is 5.23. The monoisotopic (exact) mass is 283 g/mol. The third-order valence-electron chi connectivity index (χ3n) is 2.92. The molecule has 0 fully saturated rings. The van der Waals surface area contributed by atoms with Crippen LogP contribution in [0.2, 0.25) is 0 Å². The predicted octanol–water partition coefficient (Wildman–Crippen LogP) is 1.83. The van der Waals surface area contributed by atoms with Crippen molar-refractivity contribution >= 4 is 0 Å². The van der Waals surface area contributed by atoms with Crippen LogP contribution in [-0.2, 0) is 16.7 Å². The fraction of sp³-hybridized carbons (Fsp3) is 0.800. The number of nitrogens with zero attached hydrogens (tertiary/aromatic N) is 1. The standard InChI is InChI=1S/C15H29N3O2/c1-11(2)9-20-10-13(19)8-16-6-12-7-17-18-14(12)15(3,4)5/h7,11,13,16,19H,6,8-10H2,1-5H3,(H,17,18)/t13-/m0/s1. The molecule has 0 aliphatic heterocycles. The van der Waals surface area contributed by atoms with Gasteiger partial charge in [-0.2, -0.15) is 5.10 Å². The Balaban J connectivity index is 2.29. The van der Waals surface area contributed by atoms with Gasteiger partial charge in [-0.05, 0) is 5.92 Å². The van der Waals surface area contributed by atoms with E-state index in [-0.39, 0.29) is 5.41 Å². The molecule has 0 saturated carbocycles. The number of aromatic nitrogens is 2. The summed E-state index contributed by atoms with van der Waals surface area (Å²) in [4.78, 5) is 0. The van der Waals surface area contributed by atoms with E-state index in [1.807, 2.05) is 6.20 Å². The Kier molecular flexibility index (Phi) is 6.65. The molecule has 0 unspecified atom stereocenters. The van der Waals surface area contributed by atoms with Crippen LogP contribution in [0.25, 0.3) is 0 Å². The predicted molar refractivity (Wildman–Crippen MR) is 80.7 cm³/mol. The van der Waals surface area contributed by atoms with Gasteiger partial charge in [-0.15, -0.1) is 0 Å². The molecule has 20 heavy (non-hydrogen) atoms. The Hall–Kier alpha value is -0.910. The molecule has 1 rings (SSSR count). The van der Waals surface area contributed by atoms with E-state index in [4.69, 9.17) is 4.74 Å². The lowest BCUT2D eigenvalue weighted by atomic mass is 9.89. The first kappa shape index (κ1) is 17.1. The molecule has 0 aromatic carbocycles. The summed E-state index contributed by atoms with van der Waals surface area (Å²) in [6.45, 7) is 12.9. The molecule has 0 bridgehead atoms. The molecule has 1 heterocycles. The van der Waals surface area contributed by atoms with Gasteiger partial charge in [0.2, 0.25) is 0 Å². The normalized spacial score (nSPS) is 13.9. The summed E-state index contributed by atoms with van der Waals surface area (Å²) in [6.07, 6.45) is 1.37. The third kappa shape index (κ3) is 6.03. The summed E-state index contributed by atoms with van der Waals surface area (Å²) in [5.41, 5.74) is 2.33. The molecule has 0 amide bonds. The molecule has 116 valence electrons. The molecule has 3 N–H and O–H groups in total. The fourth-order valence-corrected chi connectivity index (χ4v) is 1.97. The van der Waals surface area contributed by atoms with Gasteiger partial charge in [-0.3, -0.25) is 5.10 Å². The Morgan fingerprint density at radius 3 is 2.65 bits per heavy atom. The van der Waals surface area contributed by atoms with Gasteiger partial charge in [-0.1, -0.05) is 34.6 Å². The van der Waals surface area contributed by atoms with E-state index in [0.29, 0.717) is 32.2 Å². The average Bonchev–Trinajstić information content (AvgIpc) is 2.76. The van der Waals surface area contributed by atoms with Crippen molar-refractivity contribution < 1.29 is 9.84 Å². The van der Waals surface area contributed by atoms with Crippen LogP contribution in [-0.4, -0.2) is 41.2 Å². The van der Waals surface area contributed by atoms with Crippen LogP contribution in [0, 0.1) is 5.92 Å². The van der Waals surface area contributed by atoms with Gasteiger partial charge >= 0.3 is 0 Å². The number of ether oxygens (including phenoxy) is 1. The second-order valence-corrected chi connectivity index (χ2v) is 6.74. The van der Waals surface area contributed by atoms with Crippen LogP contribution < -0.4 is 5.32 Å². The van der Waals surface area contributed by atoms with Gasteiger partial charge in [0.1, 0.15) is 0 Å². The largest absolute Gasteiger partial charge is 0.389 e. The number of aliphatic hydroxyl groups is 1. The molecule has 0 radical (unpaired) electrons. The first-order chi connectivity index (χ1) is 9.30. The lowest BCUT2D eigenvalue weighted by molar-refractivity contribution is 0.0260. The van der Waals surface area contributed by atoms with E-state index in [9.17, 15) is 5.11 Å². The van der Waals surface area contributed by atoms with Gasteiger partial charge in [-0.25, -0.2) is 0 Å². The second kappa shape index (κ2) is 7.76. The Labute approximate surface area is 122 Å². The van der Waals surface area contributed by atoms with Crippen molar-refractivity contribution in [1.29, 1.82) is 0 Å². The first-order valence-corrected chi connectivity index (χ1v) is 7.30. The van der Waals surface area contributed by atoms with E-state index in [1.54, 1.807) is 0 Å². The van der Waals surface area contributed by atoms with Crippen LogP contribution in [0.5, 0.6) is 0 Å². The van der Waals surface area contributed by atoms with Gasteiger partial charge in [0, 0.05) is 36.4 Å². The number of H-pyrrole nitrogens is 1. The minimum atomic E-state index is -0.473. The molecule has 1 aromatic heterocycles. The SMILES string of the molecule is CC(C)COC[C@@H](O)CNCc1cn[nH]c1C(C)(C)C. The van der Waals surface area contributed by atoms with Gasteiger partial charge in [0.25, 0.3) is 0 Å². The van der Waals surface area contributed by atoms with Crippen molar-refractivity contribution in [2.45, 2.75) is 52.7 Å². The summed E-state index contributed by atoms with van der Waals surface area (Å²) in [6, 6.07) is 0. The van der Waals surface area contributed by atoms with Crippen LogP contribution in [0.3, 0.4) is 0 Å². The van der Waals surface area contributed by atoms with E-state index in [1.165, 1.54) is 0 Å². The quantitative estimate of drug-likeness (QED) is 0.681.